The molecule has 1 heterocycles. The molecule has 1 aliphatic heterocycles. The van der Waals surface area contributed by atoms with E-state index in [1.165, 1.54) is 4.31 Å². The molecule has 1 fully saturated rings. The van der Waals surface area contributed by atoms with Gasteiger partial charge in [0.2, 0.25) is 10.0 Å². The summed E-state index contributed by atoms with van der Waals surface area (Å²) in [5, 5.41) is 9.08. The third-order valence-corrected chi connectivity index (χ3v) is 5.72. The zero-order chi connectivity index (χ0) is 14.6. The largest absolute Gasteiger partial charge is 0.481 e. The number of rotatable bonds is 6. The van der Waals surface area contributed by atoms with Crippen LogP contribution in [0.3, 0.4) is 0 Å². The average molecular weight is 291 g/mol. The predicted molar refractivity (Wildman–Crippen MR) is 74.3 cm³/mol. The number of carbonyl (C=O) groups is 1. The molecule has 0 saturated carbocycles. The number of sulfonamides is 1. The quantitative estimate of drug-likeness (QED) is 0.809. The lowest BCUT2D eigenvalue weighted by Gasteiger charge is -2.34. The van der Waals surface area contributed by atoms with Gasteiger partial charge in [0.25, 0.3) is 0 Å². The third-order valence-electron chi connectivity index (χ3n) is 3.65. The number of carboxylic acids is 1. The van der Waals surface area contributed by atoms with E-state index in [9.17, 15) is 13.2 Å². The molecule has 5 nitrogen and oxygen atoms in total. The van der Waals surface area contributed by atoms with E-state index in [0.717, 1.165) is 12.8 Å². The Balaban J connectivity index is 2.74. The Labute approximate surface area is 116 Å². The second-order valence-electron chi connectivity index (χ2n) is 5.87. The highest BCUT2D eigenvalue weighted by Gasteiger charge is 2.35. The summed E-state index contributed by atoms with van der Waals surface area (Å²) >= 11 is 0. The molecule has 1 N–H and O–H groups in total. The molecule has 0 amide bonds. The van der Waals surface area contributed by atoms with Crippen molar-refractivity contribution in [3.05, 3.63) is 0 Å². The molecule has 112 valence electrons. The molecule has 0 radical (unpaired) electrons. The molecule has 0 spiro atoms. The van der Waals surface area contributed by atoms with E-state index in [1.54, 1.807) is 0 Å². The van der Waals surface area contributed by atoms with Gasteiger partial charge in [-0.05, 0) is 24.7 Å². The van der Waals surface area contributed by atoms with Gasteiger partial charge < -0.3 is 5.11 Å². The summed E-state index contributed by atoms with van der Waals surface area (Å²) in [6, 6.07) is 0. The molecule has 19 heavy (non-hydrogen) atoms. The Morgan fingerprint density at radius 1 is 1.42 bits per heavy atom. The Hall–Kier alpha value is -0.620. The van der Waals surface area contributed by atoms with Crippen LogP contribution in [0.4, 0.5) is 0 Å². The highest BCUT2D eigenvalue weighted by Crippen LogP contribution is 2.25. The SMILES string of the molecule is CCCC(C)CS(=O)(=O)N1CC(C)CC(C(=O)O)C1. The molecular weight excluding hydrogens is 266 g/mol. The minimum atomic E-state index is -3.33. The molecule has 1 rings (SSSR count). The fourth-order valence-corrected chi connectivity index (χ4v) is 4.74. The summed E-state index contributed by atoms with van der Waals surface area (Å²) in [5.74, 6) is -1.12. The first-order chi connectivity index (χ1) is 8.76. The van der Waals surface area contributed by atoms with Crippen LogP contribution in [0.25, 0.3) is 0 Å². The van der Waals surface area contributed by atoms with Crippen molar-refractivity contribution >= 4 is 16.0 Å². The van der Waals surface area contributed by atoms with Crippen molar-refractivity contribution in [1.29, 1.82) is 0 Å². The summed E-state index contributed by atoms with van der Waals surface area (Å²) in [5.41, 5.74) is 0. The summed E-state index contributed by atoms with van der Waals surface area (Å²) in [7, 11) is -3.33. The number of aliphatic carboxylic acids is 1. The second kappa shape index (κ2) is 6.70. The van der Waals surface area contributed by atoms with Gasteiger partial charge in [-0.1, -0.05) is 27.2 Å². The van der Waals surface area contributed by atoms with E-state index in [1.807, 2.05) is 20.8 Å². The van der Waals surface area contributed by atoms with Gasteiger partial charge in [0.15, 0.2) is 0 Å². The Kier molecular flexibility index (Phi) is 5.80. The monoisotopic (exact) mass is 291 g/mol. The summed E-state index contributed by atoms with van der Waals surface area (Å²) in [4.78, 5) is 11.1. The van der Waals surface area contributed by atoms with Crippen LogP contribution in [0.15, 0.2) is 0 Å². The Morgan fingerprint density at radius 3 is 2.58 bits per heavy atom. The number of carboxylic acid groups (broad SMARTS) is 1. The maximum absolute atomic E-state index is 12.3. The lowest BCUT2D eigenvalue weighted by Crippen LogP contribution is -2.46. The normalized spacial score (nSPS) is 27.1. The molecule has 0 aliphatic carbocycles. The number of hydrogen-bond acceptors (Lipinski definition) is 3. The maximum atomic E-state index is 12.3. The van der Waals surface area contributed by atoms with Crippen molar-refractivity contribution in [2.75, 3.05) is 18.8 Å². The van der Waals surface area contributed by atoms with Gasteiger partial charge in [0, 0.05) is 13.1 Å². The van der Waals surface area contributed by atoms with Gasteiger partial charge in [-0.25, -0.2) is 12.7 Å². The smallest absolute Gasteiger partial charge is 0.307 e. The molecule has 3 unspecified atom stereocenters. The lowest BCUT2D eigenvalue weighted by atomic mass is 9.92. The molecule has 0 bridgehead atoms. The standard InChI is InChI=1S/C13H25NO4S/c1-4-5-10(2)9-19(17,18)14-7-11(3)6-12(8-14)13(15)16/h10-12H,4-9H2,1-3H3,(H,15,16). The van der Waals surface area contributed by atoms with Crippen LogP contribution in [-0.4, -0.2) is 42.6 Å². The van der Waals surface area contributed by atoms with E-state index >= 15 is 0 Å². The van der Waals surface area contributed by atoms with Crippen LogP contribution in [0.2, 0.25) is 0 Å². The summed E-state index contributed by atoms with van der Waals surface area (Å²) < 4.78 is 26.0. The molecular formula is C13H25NO4S. The van der Waals surface area contributed by atoms with Gasteiger partial charge >= 0.3 is 5.97 Å². The molecule has 0 aromatic heterocycles. The molecule has 6 heteroatoms. The van der Waals surface area contributed by atoms with Gasteiger partial charge in [0.05, 0.1) is 11.7 Å². The van der Waals surface area contributed by atoms with Gasteiger partial charge in [-0.3, -0.25) is 4.79 Å². The topological polar surface area (TPSA) is 74.7 Å². The van der Waals surface area contributed by atoms with Gasteiger partial charge in [0.1, 0.15) is 0 Å². The van der Waals surface area contributed by atoms with E-state index in [2.05, 4.69) is 0 Å². The summed E-state index contributed by atoms with van der Waals surface area (Å²) in [6.07, 6.45) is 2.40. The first kappa shape index (κ1) is 16.4. The minimum Gasteiger partial charge on any atom is -0.481 e. The van der Waals surface area contributed by atoms with Crippen LogP contribution in [0.5, 0.6) is 0 Å². The molecule has 1 saturated heterocycles. The van der Waals surface area contributed by atoms with Crippen LogP contribution in [0.1, 0.15) is 40.0 Å². The van der Waals surface area contributed by atoms with Crippen molar-refractivity contribution in [1.82, 2.24) is 4.31 Å². The van der Waals surface area contributed by atoms with Crippen molar-refractivity contribution in [2.45, 2.75) is 40.0 Å². The molecule has 0 aromatic rings. The van der Waals surface area contributed by atoms with E-state index in [0.29, 0.717) is 13.0 Å². The molecule has 3 atom stereocenters. The number of piperidine rings is 1. The average Bonchev–Trinajstić information content (AvgIpc) is 2.27. The zero-order valence-electron chi connectivity index (χ0n) is 12.0. The highest BCUT2D eigenvalue weighted by molar-refractivity contribution is 7.89. The van der Waals surface area contributed by atoms with E-state index < -0.39 is 21.9 Å². The maximum Gasteiger partial charge on any atom is 0.307 e. The van der Waals surface area contributed by atoms with Crippen LogP contribution in [-0.2, 0) is 14.8 Å². The molecule has 0 aromatic carbocycles. The van der Waals surface area contributed by atoms with Crippen molar-refractivity contribution in [2.24, 2.45) is 17.8 Å². The number of nitrogens with zero attached hydrogens (tertiary/aromatic N) is 1. The Bertz CT molecular complexity index is 407. The minimum absolute atomic E-state index is 0.103. The highest BCUT2D eigenvalue weighted by atomic mass is 32.2. The van der Waals surface area contributed by atoms with Crippen LogP contribution in [0, 0.1) is 17.8 Å². The second-order valence-corrected chi connectivity index (χ2v) is 7.88. The van der Waals surface area contributed by atoms with Gasteiger partial charge in [-0.15, -0.1) is 0 Å². The van der Waals surface area contributed by atoms with Crippen molar-refractivity contribution < 1.29 is 18.3 Å². The first-order valence-electron chi connectivity index (χ1n) is 6.96. The fourth-order valence-electron chi connectivity index (χ4n) is 2.75. The summed E-state index contributed by atoms with van der Waals surface area (Å²) in [6.45, 7) is 6.45. The first-order valence-corrected chi connectivity index (χ1v) is 8.57. The Morgan fingerprint density at radius 2 is 2.05 bits per heavy atom. The third kappa shape index (κ3) is 4.76. The van der Waals surface area contributed by atoms with Crippen molar-refractivity contribution in [3.8, 4) is 0 Å². The zero-order valence-corrected chi connectivity index (χ0v) is 12.8. The number of hydrogen-bond donors (Lipinski definition) is 1. The van der Waals surface area contributed by atoms with E-state index in [4.69, 9.17) is 5.11 Å². The predicted octanol–water partition coefficient (Wildman–Crippen LogP) is 1.79. The van der Waals surface area contributed by atoms with Gasteiger partial charge in [-0.2, -0.15) is 0 Å². The van der Waals surface area contributed by atoms with E-state index in [-0.39, 0.29) is 24.1 Å². The van der Waals surface area contributed by atoms with Crippen LogP contribution >= 0.6 is 0 Å². The molecule has 1 aliphatic rings. The van der Waals surface area contributed by atoms with Crippen molar-refractivity contribution in [3.63, 3.8) is 0 Å². The fraction of sp³-hybridized carbons (Fsp3) is 0.923. The lowest BCUT2D eigenvalue weighted by molar-refractivity contribution is -0.143. The van der Waals surface area contributed by atoms with Crippen LogP contribution < -0.4 is 0 Å².